The summed E-state index contributed by atoms with van der Waals surface area (Å²) >= 11 is 12.5. The molecule has 1 N–H and O–H groups in total. The van der Waals surface area contributed by atoms with Crippen LogP contribution in [0.1, 0.15) is 11.1 Å². The van der Waals surface area contributed by atoms with E-state index in [0.29, 0.717) is 10.6 Å². The number of hydrogen-bond donors (Lipinski definition) is 1. The molecular formula is C32H31Cl2N3O5S. The van der Waals surface area contributed by atoms with Crippen molar-refractivity contribution < 1.29 is 22.7 Å². The highest BCUT2D eigenvalue weighted by atomic mass is 35.5. The maximum absolute atomic E-state index is 14.4. The molecule has 4 rings (SSSR count). The molecule has 0 saturated carbocycles. The van der Waals surface area contributed by atoms with Crippen LogP contribution in [0, 0.1) is 0 Å². The van der Waals surface area contributed by atoms with E-state index in [1.54, 1.807) is 48.5 Å². The Morgan fingerprint density at radius 3 is 2.09 bits per heavy atom. The zero-order valence-corrected chi connectivity index (χ0v) is 25.9. The summed E-state index contributed by atoms with van der Waals surface area (Å²) in [5, 5.41) is 3.37. The summed E-state index contributed by atoms with van der Waals surface area (Å²) in [4.78, 5) is 29.0. The number of carbonyl (C=O) groups excluding carboxylic acids is 2. The Bertz CT molecular complexity index is 1670. The molecule has 4 aromatic carbocycles. The largest absolute Gasteiger partial charge is 0.495 e. The molecule has 0 bridgehead atoms. The van der Waals surface area contributed by atoms with Crippen molar-refractivity contribution in [1.29, 1.82) is 0 Å². The first kappa shape index (κ1) is 31.9. The molecular weight excluding hydrogens is 609 g/mol. The van der Waals surface area contributed by atoms with Crippen molar-refractivity contribution in [3.63, 3.8) is 0 Å². The van der Waals surface area contributed by atoms with Crippen LogP contribution in [0.15, 0.2) is 108 Å². The lowest BCUT2D eigenvalue weighted by Gasteiger charge is -2.34. The van der Waals surface area contributed by atoms with Gasteiger partial charge < -0.3 is 15.0 Å². The lowest BCUT2D eigenvalue weighted by molar-refractivity contribution is -0.139. The maximum atomic E-state index is 14.4. The minimum Gasteiger partial charge on any atom is -0.495 e. The number of rotatable bonds is 12. The molecule has 0 aliphatic carbocycles. The van der Waals surface area contributed by atoms with Gasteiger partial charge >= 0.3 is 0 Å². The summed E-state index contributed by atoms with van der Waals surface area (Å²) in [6, 6.07) is 27.5. The number of anilines is 1. The SMILES string of the molecule is CNC(=O)[C@@H](Cc1ccccc1)N(Cc1cccc(Cl)c1)C(=O)CN(c1cc(Cl)ccc1OC)S(=O)(=O)c1ccccc1. The molecule has 2 amide bonds. The van der Waals surface area contributed by atoms with Crippen molar-refractivity contribution in [1.82, 2.24) is 10.2 Å². The third-order valence-electron chi connectivity index (χ3n) is 6.78. The molecule has 0 aliphatic rings. The van der Waals surface area contributed by atoms with Crippen LogP contribution in [0.25, 0.3) is 0 Å². The summed E-state index contributed by atoms with van der Waals surface area (Å²) in [6.07, 6.45) is 0.193. The van der Waals surface area contributed by atoms with Gasteiger partial charge in [-0.1, -0.05) is 83.9 Å². The number of ether oxygens (including phenoxy) is 1. The number of halogens is 2. The molecule has 0 aromatic heterocycles. The number of benzene rings is 4. The lowest BCUT2D eigenvalue weighted by atomic mass is 10.0. The fraction of sp³-hybridized carbons (Fsp3) is 0.188. The van der Waals surface area contributed by atoms with Crippen molar-refractivity contribution in [2.24, 2.45) is 0 Å². The van der Waals surface area contributed by atoms with Crippen LogP contribution < -0.4 is 14.4 Å². The van der Waals surface area contributed by atoms with Gasteiger partial charge in [0, 0.05) is 30.1 Å². The van der Waals surface area contributed by atoms with E-state index in [-0.39, 0.29) is 34.3 Å². The normalized spacial score (nSPS) is 11.8. The first-order chi connectivity index (χ1) is 20.6. The Balaban J connectivity index is 1.83. The van der Waals surface area contributed by atoms with E-state index < -0.39 is 34.4 Å². The van der Waals surface area contributed by atoms with Crippen molar-refractivity contribution >= 4 is 50.7 Å². The van der Waals surface area contributed by atoms with Gasteiger partial charge in [-0.3, -0.25) is 13.9 Å². The molecule has 11 heteroatoms. The first-order valence-electron chi connectivity index (χ1n) is 13.3. The standard InChI is InChI=1S/C32H31Cl2N3O5S/c1-35-32(39)29(19-23-10-5-3-6-11-23)36(21-24-12-9-13-25(33)18-24)31(38)22-37(28-20-26(34)16-17-30(28)42-2)43(40,41)27-14-7-4-8-15-27/h3-18,20,29H,19,21-22H2,1-2H3,(H,35,39)/t29-/m1/s1. The van der Waals surface area contributed by atoms with Gasteiger partial charge in [-0.25, -0.2) is 8.42 Å². The average molecular weight is 641 g/mol. The number of methoxy groups -OCH3 is 1. The van der Waals surface area contributed by atoms with Gasteiger partial charge in [0.25, 0.3) is 10.0 Å². The van der Waals surface area contributed by atoms with Crippen LogP contribution in [-0.4, -0.2) is 51.9 Å². The van der Waals surface area contributed by atoms with E-state index in [0.717, 1.165) is 9.87 Å². The summed E-state index contributed by atoms with van der Waals surface area (Å²) in [7, 11) is -1.41. The number of hydrogen-bond acceptors (Lipinski definition) is 5. The molecule has 43 heavy (non-hydrogen) atoms. The third-order valence-corrected chi connectivity index (χ3v) is 9.02. The summed E-state index contributed by atoms with van der Waals surface area (Å²) in [6.45, 7) is -0.646. The molecule has 4 aromatic rings. The van der Waals surface area contributed by atoms with E-state index in [1.165, 1.54) is 43.3 Å². The predicted octanol–water partition coefficient (Wildman–Crippen LogP) is 5.58. The van der Waals surface area contributed by atoms with Crippen LogP contribution >= 0.6 is 23.2 Å². The summed E-state index contributed by atoms with van der Waals surface area (Å²) in [5.41, 5.74) is 1.57. The highest BCUT2D eigenvalue weighted by Gasteiger charge is 2.35. The molecule has 0 heterocycles. The molecule has 0 saturated heterocycles. The topological polar surface area (TPSA) is 96.0 Å². The number of nitrogens with zero attached hydrogens (tertiary/aromatic N) is 2. The Morgan fingerprint density at radius 1 is 0.837 bits per heavy atom. The number of likely N-dealkylation sites (N-methyl/N-ethyl adjacent to an activating group) is 1. The monoisotopic (exact) mass is 639 g/mol. The van der Waals surface area contributed by atoms with Crippen molar-refractivity contribution in [3.05, 3.63) is 124 Å². The van der Waals surface area contributed by atoms with Crippen LogP contribution in [0.4, 0.5) is 5.69 Å². The van der Waals surface area contributed by atoms with Crippen LogP contribution in [0.5, 0.6) is 5.75 Å². The molecule has 224 valence electrons. The second kappa shape index (κ2) is 14.4. The number of amides is 2. The quantitative estimate of drug-likeness (QED) is 0.218. The van der Waals surface area contributed by atoms with Crippen molar-refractivity contribution in [2.45, 2.75) is 23.9 Å². The molecule has 0 fully saturated rings. The minimum atomic E-state index is -4.30. The second-order valence-corrected chi connectivity index (χ2v) is 12.3. The Hall–Kier alpha value is -4.05. The van der Waals surface area contributed by atoms with Gasteiger partial charge in [-0.15, -0.1) is 0 Å². The number of sulfonamides is 1. The smallest absolute Gasteiger partial charge is 0.264 e. The van der Waals surface area contributed by atoms with Crippen molar-refractivity contribution in [3.8, 4) is 5.75 Å². The minimum absolute atomic E-state index is 0.00375. The Morgan fingerprint density at radius 2 is 1.47 bits per heavy atom. The van der Waals surface area contributed by atoms with Crippen LogP contribution in [0.3, 0.4) is 0 Å². The van der Waals surface area contributed by atoms with E-state index in [4.69, 9.17) is 27.9 Å². The van der Waals surface area contributed by atoms with Crippen molar-refractivity contribution in [2.75, 3.05) is 25.0 Å². The Labute approximate surface area is 261 Å². The number of nitrogens with one attached hydrogen (secondary N) is 1. The zero-order valence-electron chi connectivity index (χ0n) is 23.6. The van der Waals surface area contributed by atoms with Gasteiger partial charge in [0.2, 0.25) is 11.8 Å². The second-order valence-electron chi connectivity index (χ2n) is 9.61. The third kappa shape index (κ3) is 7.87. The Kier molecular flexibility index (Phi) is 10.7. The molecule has 1 atom stereocenters. The van der Waals surface area contributed by atoms with Crippen LogP contribution in [0.2, 0.25) is 10.0 Å². The highest BCUT2D eigenvalue weighted by Crippen LogP contribution is 2.35. The zero-order chi connectivity index (χ0) is 31.0. The van der Waals surface area contributed by atoms with Gasteiger partial charge in [0.1, 0.15) is 18.3 Å². The fourth-order valence-electron chi connectivity index (χ4n) is 4.64. The van der Waals surface area contributed by atoms with Gasteiger partial charge in [-0.05, 0) is 53.6 Å². The molecule has 8 nitrogen and oxygen atoms in total. The predicted molar refractivity (Wildman–Crippen MR) is 169 cm³/mol. The van der Waals surface area contributed by atoms with E-state index in [9.17, 15) is 18.0 Å². The lowest BCUT2D eigenvalue weighted by Crippen LogP contribution is -2.53. The molecule has 0 unspecified atom stereocenters. The maximum Gasteiger partial charge on any atom is 0.264 e. The molecule has 0 aliphatic heterocycles. The summed E-state index contributed by atoms with van der Waals surface area (Å²) < 4.78 is 34.6. The van der Waals surface area contributed by atoms with Gasteiger partial charge in [0.05, 0.1) is 17.7 Å². The fourth-order valence-corrected chi connectivity index (χ4v) is 6.46. The first-order valence-corrected chi connectivity index (χ1v) is 15.5. The summed E-state index contributed by atoms with van der Waals surface area (Å²) in [5.74, 6) is -0.826. The van der Waals surface area contributed by atoms with E-state index in [1.807, 2.05) is 30.3 Å². The van der Waals surface area contributed by atoms with E-state index in [2.05, 4.69) is 5.32 Å². The van der Waals surface area contributed by atoms with Crippen LogP contribution in [-0.2, 0) is 32.6 Å². The molecule has 0 radical (unpaired) electrons. The van der Waals surface area contributed by atoms with E-state index >= 15 is 0 Å². The highest BCUT2D eigenvalue weighted by molar-refractivity contribution is 7.92. The average Bonchev–Trinajstić information content (AvgIpc) is 3.02. The van der Waals surface area contributed by atoms with Gasteiger partial charge in [0.15, 0.2) is 0 Å². The molecule has 0 spiro atoms. The number of carbonyl (C=O) groups is 2. The van der Waals surface area contributed by atoms with Gasteiger partial charge in [-0.2, -0.15) is 0 Å².